The Kier molecular flexibility index (Phi) is 4.42. The second-order valence-corrected chi connectivity index (χ2v) is 5.89. The van der Waals surface area contributed by atoms with Gasteiger partial charge in [-0.15, -0.1) is 0 Å². The molecule has 20 heavy (non-hydrogen) atoms. The molecule has 0 heterocycles. The second kappa shape index (κ2) is 6.07. The van der Waals surface area contributed by atoms with Crippen molar-refractivity contribution in [3.05, 3.63) is 60.2 Å². The molecule has 0 aliphatic rings. The molecular weight excluding hydrogens is 274 g/mol. The lowest BCUT2D eigenvalue weighted by atomic mass is 10.2. The summed E-state index contributed by atoms with van der Waals surface area (Å²) in [4.78, 5) is 2.04. The van der Waals surface area contributed by atoms with Crippen LogP contribution in [0.25, 0.3) is 0 Å². The normalized spacial score (nSPS) is 11.3. The van der Waals surface area contributed by atoms with E-state index in [4.69, 9.17) is 4.55 Å². The van der Waals surface area contributed by atoms with Crippen LogP contribution < -0.4 is 4.90 Å². The predicted molar refractivity (Wildman–Crippen MR) is 79.4 cm³/mol. The van der Waals surface area contributed by atoms with Gasteiger partial charge in [0.25, 0.3) is 10.1 Å². The van der Waals surface area contributed by atoms with Crippen molar-refractivity contribution in [1.29, 1.82) is 0 Å². The molecular formula is C15H17NO3S. The van der Waals surface area contributed by atoms with Crippen molar-refractivity contribution in [2.45, 2.75) is 18.4 Å². The first-order valence-electron chi connectivity index (χ1n) is 6.37. The highest BCUT2D eigenvalue weighted by Gasteiger charge is 2.10. The maximum Gasteiger partial charge on any atom is 0.294 e. The molecule has 0 fully saturated rings. The predicted octanol–water partition coefficient (Wildman–Crippen LogP) is 2.96. The third-order valence-electron chi connectivity index (χ3n) is 3.10. The maximum atomic E-state index is 11.0. The van der Waals surface area contributed by atoms with Gasteiger partial charge < -0.3 is 4.90 Å². The molecule has 2 aromatic carbocycles. The van der Waals surface area contributed by atoms with Gasteiger partial charge in [-0.3, -0.25) is 4.55 Å². The van der Waals surface area contributed by atoms with Crippen LogP contribution in [0.4, 0.5) is 5.69 Å². The molecule has 4 nitrogen and oxygen atoms in total. The number of benzene rings is 2. The Bertz CT molecular complexity index is 651. The monoisotopic (exact) mass is 291 g/mol. The Hall–Kier alpha value is -1.85. The number of nitrogens with zero attached hydrogens (tertiary/aromatic N) is 1. The molecule has 0 aromatic heterocycles. The fourth-order valence-electron chi connectivity index (χ4n) is 2.02. The molecule has 0 saturated carbocycles. The van der Waals surface area contributed by atoms with Crippen LogP contribution in [0, 0.1) is 0 Å². The van der Waals surface area contributed by atoms with Gasteiger partial charge in [0.1, 0.15) is 0 Å². The second-order valence-electron chi connectivity index (χ2n) is 4.47. The lowest BCUT2D eigenvalue weighted by Crippen LogP contribution is -2.21. The summed E-state index contributed by atoms with van der Waals surface area (Å²) in [7, 11) is -4.13. The molecule has 0 aliphatic carbocycles. The van der Waals surface area contributed by atoms with Crippen molar-refractivity contribution in [3.8, 4) is 0 Å². The zero-order valence-corrected chi connectivity index (χ0v) is 12.0. The van der Waals surface area contributed by atoms with E-state index in [1.54, 1.807) is 12.1 Å². The quantitative estimate of drug-likeness (QED) is 0.860. The third kappa shape index (κ3) is 3.59. The number of hydrogen-bond donors (Lipinski definition) is 1. The SMILES string of the molecule is CCN(Cc1ccccc1)c1ccc(S(=O)(=O)O)cc1. The molecule has 0 atom stereocenters. The van der Waals surface area contributed by atoms with Crippen molar-refractivity contribution < 1.29 is 13.0 Å². The van der Waals surface area contributed by atoms with E-state index >= 15 is 0 Å². The van der Waals surface area contributed by atoms with Gasteiger partial charge in [0.05, 0.1) is 4.90 Å². The van der Waals surface area contributed by atoms with Crippen LogP contribution in [0.15, 0.2) is 59.5 Å². The van der Waals surface area contributed by atoms with Crippen molar-refractivity contribution in [2.24, 2.45) is 0 Å². The molecule has 1 N–H and O–H groups in total. The van der Waals surface area contributed by atoms with Crippen molar-refractivity contribution in [1.82, 2.24) is 0 Å². The fraction of sp³-hybridized carbons (Fsp3) is 0.200. The molecule has 2 aromatic rings. The smallest absolute Gasteiger partial charge is 0.294 e. The average Bonchev–Trinajstić information content (AvgIpc) is 2.45. The van der Waals surface area contributed by atoms with Gasteiger partial charge >= 0.3 is 0 Å². The van der Waals surface area contributed by atoms with E-state index in [2.05, 4.69) is 17.0 Å². The number of rotatable bonds is 5. The standard InChI is InChI=1S/C15H17NO3S/c1-2-16(12-13-6-4-3-5-7-13)14-8-10-15(11-9-14)20(17,18)19/h3-11H,2,12H2,1H3,(H,17,18,19). The van der Waals surface area contributed by atoms with E-state index < -0.39 is 10.1 Å². The highest BCUT2D eigenvalue weighted by Crippen LogP contribution is 2.19. The van der Waals surface area contributed by atoms with Gasteiger partial charge in [0, 0.05) is 18.8 Å². The lowest BCUT2D eigenvalue weighted by molar-refractivity contribution is 0.483. The van der Waals surface area contributed by atoms with E-state index in [1.807, 2.05) is 25.1 Å². The minimum atomic E-state index is -4.13. The average molecular weight is 291 g/mol. The molecule has 0 radical (unpaired) electrons. The Balaban J connectivity index is 2.20. The Morgan fingerprint density at radius 2 is 1.60 bits per heavy atom. The molecule has 0 bridgehead atoms. The van der Waals surface area contributed by atoms with E-state index in [-0.39, 0.29) is 4.90 Å². The first-order valence-corrected chi connectivity index (χ1v) is 7.81. The summed E-state index contributed by atoms with van der Waals surface area (Å²) in [5.74, 6) is 0. The molecule has 0 aliphatic heterocycles. The largest absolute Gasteiger partial charge is 0.367 e. The first-order chi connectivity index (χ1) is 9.50. The summed E-state index contributed by atoms with van der Waals surface area (Å²) in [5, 5.41) is 0. The summed E-state index contributed by atoms with van der Waals surface area (Å²) in [6.45, 7) is 3.60. The van der Waals surface area contributed by atoms with Crippen molar-refractivity contribution in [3.63, 3.8) is 0 Å². The van der Waals surface area contributed by atoms with E-state index in [1.165, 1.54) is 17.7 Å². The van der Waals surface area contributed by atoms with Crippen LogP contribution in [0.1, 0.15) is 12.5 Å². The van der Waals surface area contributed by atoms with Crippen LogP contribution in [0.2, 0.25) is 0 Å². The molecule has 106 valence electrons. The van der Waals surface area contributed by atoms with Crippen LogP contribution in [-0.2, 0) is 16.7 Å². The van der Waals surface area contributed by atoms with Crippen LogP contribution in [0.5, 0.6) is 0 Å². The van der Waals surface area contributed by atoms with Crippen LogP contribution >= 0.6 is 0 Å². The number of hydrogen-bond acceptors (Lipinski definition) is 3. The maximum absolute atomic E-state index is 11.0. The Morgan fingerprint density at radius 3 is 2.10 bits per heavy atom. The zero-order chi connectivity index (χ0) is 14.6. The van der Waals surface area contributed by atoms with Gasteiger partial charge in [-0.1, -0.05) is 30.3 Å². The summed E-state index contributed by atoms with van der Waals surface area (Å²) in [6, 6.07) is 16.3. The van der Waals surface area contributed by atoms with Gasteiger partial charge in [-0.2, -0.15) is 8.42 Å². The van der Waals surface area contributed by atoms with Gasteiger partial charge in [0.2, 0.25) is 0 Å². The minimum absolute atomic E-state index is 0.0861. The molecule has 5 heteroatoms. The molecule has 0 amide bonds. The molecule has 0 unspecified atom stereocenters. The topological polar surface area (TPSA) is 57.6 Å². The van der Waals surface area contributed by atoms with E-state index in [0.717, 1.165) is 18.8 Å². The molecule has 0 spiro atoms. The summed E-state index contributed by atoms with van der Waals surface area (Å²) < 4.78 is 31.0. The summed E-state index contributed by atoms with van der Waals surface area (Å²) >= 11 is 0. The van der Waals surface area contributed by atoms with Gasteiger partial charge in [-0.05, 0) is 36.8 Å². The minimum Gasteiger partial charge on any atom is -0.367 e. The fourth-order valence-corrected chi connectivity index (χ4v) is 2.50. The van der Waals surface area contributed by atoms with Crippen LogP contribution in [-0.4, -0.2) is 19.5 Å². The lowest BCUT2D eigenvalue weighted by Gasteiger charge is -2.23. The van der Waals surface area contributed by atoms with E-state index in [9.17, 15) is 8.42 Å². The summed E-state index contributed by atoms with van der Waals surface area (Å²) in [6.07, 6.45) is 0. The van der Waals surface area contributed by atoms with Crippen molar-refractivity contribution in [2.75, 3.05) is 11.4 Å². The Morgan fingerprint density at radius 1 is 1.00 bits per heavy atom. The zero-order valence-electron chi connectivity index (χ0n) is 11.2. The molecule has 2 rings (SSSR count). The first kappa shape index (κ1) is 14.6. The molecule has 0 saturated heterocycles. The van der Waals surface area contributed by atoms with Gasteiger partial charge in [0.15, 0.2) is 0 Å². The van der Waals surface area contributed by atoms with Crippen molar-refractivity contribution >= 4 is 15.8 Å². The third-order valence-corrected chi connectivity index (χ3v) is 3.97. The van der Waals surface area contributed by atoms with Crippen LogP contribution in [0.3, 0.4) is 0 Å². The number of anilines is 1. The summed E-state index contributed by atoms with van der Waals surface area (Å²) in [5.41, 5.74) is 2.11. The van der Waals surface area contributed by atoms with E-state index in [0.29, 0.717) is 0 Å². The Labute approximate surface area is 119 Å². The highest BCUT2D eigenvalue weighted by molar-refractivity contribution is 7.85. The van der Waals surface area contributed by atoms with Gasteiger partial charge in [-0.25, -0.2) is 0 Å². The highest BCUT2D eigenvalue weighted by atomic mass is 32.2.